The topological polar surface area (TPSA) is 26.0 Å². The van der Waals surface area contributed by atoms with Crippen molar-refractivity contribution in [2.45, 2.75) is 26.2 Å². The van der Waals surface area contributed by atoms with Gasteiger partial charge < -0.3 is 5.73 Å². The minimum Gasteiger partial charge on any atom is -0.399 e. The Balaban J connectivity index is 2.45. The van der Waals surface area contributed by atoms with Crippen LogP contribution in [0.3, 0.4) is 0 Å². The van der Waals surface area contributed by atoms with E-state index in [-0.39, 0.29) is 0 Å². The average Bonchev–Trinajstić information content (AvgIpc) is 2.38. The Bertz CT molecular complexity index is 488. The Labute approximate surface area is 103 Å². The first kappa shape index (κ1) is 11.7. The number of benzene rings is 2. The highest BCUT2D eigenvalue weighted by Gasteiger charge is 2.06. The highest BCUT2D eigenvalue weighted by atomic mass is 14.5. The molecular weight excluding hydrogens is 206 g/mol. The first-order valence-electron chi connectivity index (χ1n) is 6.16. The lowest BCUT2D eigenvalue weighted by molar-refractivity contribution is 0.734. The number of anilines is 1. The first-order valence-corrected chi connectivity index (χ1v) is 6.16. The maximum atomic E-state index is 5.99. The van der Waals surface area contributed by atoms with Gasteiger partial charge in [-0.1, -0.05) is 50.2 Å². The number of nitrogen functional groups attached to an aromatic ring is 1. The maximum absolute atomic E-state index is 5.99. The summed E-state index contributed by atoms with van der Waals surface area (Å²) < 4.78 is 0. The molecule has 0 saturated heterocycles. The summed E-state index contributed by atoms with van der Waals surface area (Å²) >= 11 is 0. The van der Waals surface area contributed by atoms with E-state index in [2.05, 4.69) is 50.2 Å². The largest absolute Gasteiger partial charge is 0.399 e. The number of rotatable bonds is 3. The highest BCUT2D eigenvalue weighted by Crippen LogP contribution is 2.28. The van der Waals surface area contributed by atoms with Gasteiger partial charge in [-0.25, -0.2) is 0 Å². The van der Waals surface area contributed by atoms with E-state index in [9.17, 15) is 0 Å². The molecule has 1 atom stereocenters. The summed E-state index contributed by atoms with van der Waals surface area (Å²) in [4.78, 5) is 0. The molecule has 0 radical (unpaired) electrons. The van der Waals surface area contributed by atoms with Crippen LogP contribution in [0.15, 0.2) is 48.5 Å². The summed E-state index contributed by atoms with van der Waals surface area (Å²) in [7, 11) is 0. The van der Waals surface area contributed by atoms with Crippen LogP contribution in [0.4, 0.5) is 5.69 Å². The van der Waals surface area contributed by atoms with Gasteiger partial charge in [0, 0.05) is 5.69 Å². The van der Waals surface area contributed by atoms with E-state index in [4.69, 9.17) is 5.73 Å². The second-order valence-electron chi connectivity index (χ2n) is 4.56. The minimum atomic E-state index is 0.556. The zero-order chi connectivity index (χ0) is 12.3. The lowest BCUT2D eigenvalue weighted by Gasteiger charge is -2.12. The molecule has 2 rings (SSSR count). The Kier molecular flexibility index (Phi) is 3.48. The van der Waals surface area contributed by atoms with Gasteiger partial charge in [0.2, 0.25) is 0 Å². The molecular formula is C16H19N. The van der Waals surface area contributed by atoms with Gasteiger partial charge in [-0.3, -0.25) is 0 Å². The third-order valence-corrected chi connectivity index (χ3v) is 3.27. The fraction of sp³-hybridized carbons (Fsp3) is 0.250. The predicted octanol–water partition coefficient (Wildman–Crippen LogP) is 4.45. The van der Waals surface area contributed by atoms with E-state index >= 15 is 0 Å². The Morgan fingerprint density at radius 1 is 1.00 bits per heavy atom. The second-order valence-corrected chi connectivity index (χ2v) is 4.56. The molecule has 17 heavy (non-hydrogen) atoms. The van der Waals surface area contributed by atoms with Gasteiger partial charge in [0.15, 0.2) is 0 Å². The van der Waals surface area contributed by atoms with Crippen LogP contribution in [0.25, 0.3) is 11.1 Å². The van der Waals surface area contributed by atoms with E-state index in [1.165, 1.54) is 16.7 Å². The standard InChI is InChI=1S/C16H19N/c1-3-12(2)14-9-15(11-16(17)10-14)13-7-5-4-6-8-13/h4-12H,3,17H2,1-2H3. The van der Waals surface area contributed by atoms with Crippen molar-refractivity contribution in [3.8, 4) is 11.1 Å². The third kappa shape index (κ3) is 2.68. The van der Waals surface area contributed by atoms with Gasteiger partial charge in [0.1, 0.15) is 0 Å². The van der Waals surface area contributed by atoms with Gasteiger partial charge in [0.05, 0.1) is 0 Å². The summed E-state index contributed by atoms with van der Waals surface area (Å²) in [6.07, 6.45) is 1.14. The summed E-state index contributed by atoms with van der Waals surface area (Å²) in [6.45, 7) is 4.44. The fourth-order valence-electron chi connectivity index (χ4n) is 1.99. The van der Waals surface area contributed by atoms with E-state index in [0.29, 0.717) is 5.92 Å². The van der Waals surface area contributed by atoms with Crippen molar-refractivity contribution < 1.29 is 0 Å². The molecule has 0 aliphatic rings. The normalized spacial score (nSPS) is 12.4. The molecule has 2 N–H and O–H groups in total. The van der Waals surface area contributed by atoms with Gasteiger partial charge in [0.25, 0.3) is 0 Å². The summed E-state index contributed by atoms with van der Waals surface area (Å²) in [5, 5.41) is 0. The van der Waals surface area contributed by atoms with E-state index in [1.54, 1.807) is 0 Å². The molecule has 0 bridgehead atoms. The van der Waals surface area contributed by atoms with Gasteiger partial charge in [-0.15, -0.1) is 0 Å². The quantitative estimate of drug-likeness (QED) is 0.767. The first-order chi connectivity index (χ1) is 8.20. The third-order valence-electron chi connectivity index (χ3n) is 3.27. The lowest BCUT2D eigenvalue weighted by atomic mass is 9.94. The molecule has 0 aromatic heterocycles. The smallest absolute Gasteiger partial charge is 0.0323 e. The SMILES string of the molecule is CCC(C)c1cc(N)cc(-c2ccccc2)c1. The van der Waals surface area contributed by atoms with Crippen molar-refractivity contribution in [2.24, 2.45) is 0 Å². The molecule has 0 fully saturated rings. The molecule has 1 nitrogen and oxygen atoms in total. The molecule has 88 valence electrons. The predicted molar refractivity (Wildman–Crippen MR) is 75.0 cm³/mol. The van der Waals surface area contributed by atoms with Crippen LogP contribution in [0.1, 0.15) is 31.7 Å². The van der Waals surface area contributed by atoms with Crippen LogP contribution >= 0.6 is 0 Å². The zero-order valence-corrected chi connectivity index (χ0v) is 10.5. The van der Waals surface area contributed by atoms with Crippen LogP contribution in [-0.4, -0.2) is 0 Å². The van der Waals surface area contributed by atoms with Crippen LogP contribution in [0.2, 0.25) is 0 Å². The van der Waals surface area contributed by atoms with Crippen LogP contribution < -0.4 is 5.73 Å². The molecule has 0 amide bonds. The second kappa shape index (κ2) is 5.05. The number of hydrogen-bond acceptors (Lipinski definition) is 1. The minimum absolute atomic E-state index is 0.556. The average molecular weight is 225 g/mol. The van der Waals surface area contributed by atoms with Crippen molar-refractivity contribution in [1.82, 2.24) is 0 Å². The lowest BCUT2D eigenvalue weighted by Crippen LogP contribution is -1.95. The molecule has 0 aliphatic carbocycles. The molecule has 1 heteroatoms. The number of hydrogen-bond donors (Lipinski definition) is 1. The fourth-order valence-corrected chi connectivity index (χ4v) is 1.99. The molecule has 0 saturated carbocycles. The molecule has 0 aliphatic heterocycles. The van der Waals surface area contributed by atoms with Gasteiger partial charge in [-0.2, -0.15) is 0 Å². The summed E-state index contributed by atoms with van der Waals surface area (Å²) in [6, 6.07) is 16.8. The molecule has 0 heterocycles. The Morgan fingerprint density at radius 3 is 2.35 bits per heavy atom. The monoisotopic (exact) mass is 225 g/mol. The molecule has 2 aromatic carbocycles. The molecule has 1 unspecified atom stereocenters. The Hall–Kier alpha value is -1.76. The van der Waals surface area contributed by atoms with Crippen LogP contribution in [0.5, 0.6) is 0 Å². The van der Waals surface area contributed by atoms with E-state index < -0.39 is 0 Å². The van der Waals surface area contributed by atoms with Crippen molar-refractivity contribution in [3.05, 3.63) is 54.1 Å². The van der Waals surface area contributed by atoms with Gasteiger partial charge in [-0.05, 0) is 41.2 Å². The van der Waals surface area contributed by atoms with Crippen LogP contribution in [-0.2, 0) is 0 Å². The van der Waals surface area contributed by atoms with Gasteiger partial charge >= 0.3 is 0 Å². The zero-order valence-electron chi connectivity index (χ0n) is 10.5. The van der Waals surface area contributed by atoms with Crippen molar-refractivity contribution in [3.63, 3.8) is 0 Å². The summed E-state index contributed by atoms with van der Waals surface area (Å²) in [5.41, 5.74) is 10.6. The molecule has 0 spiro atoms. The number of nitrogens with two attached hydrogens (primary N) is 1. The Morgan fingerprint density at radius 2 is 1.71 bits per heavy atom. The van der Waals surface area contributed by atoms with E-state index in [1.807, 2.05) is 12.1 Å². The molecule has 2 aromatic rings. The summed E-state index contributed by atoms with van der Waals surface area (Å²) in [5.74, 6) is 0.556. The van der Waals surface area contributed by atoms with Crippen molar-refractivity contribution >= 4 is 5.69 Å². The van der Waals surface area contributed by atoms with Crippen molar-refractivity contribution in [1.29, 1.82) is 0 Å². The van der Waals surface area contributed by atoms with Crippen molar-refractivity contribution in [2.75, 3.05) is 5.73 Å². The maximum Gasteiger partial charge on any atom is 0.0323 e. The van der Waals surface area contributed by atoms with E-state index in [0.717, 1.165) is 12.1 Å². The van der Waals surface area contributed by atoms with Crippen LogP contribution in [0, 0.1) is 0 Å². The highest BCUT2D eigenvalue weighted by molar-refractivity contribution is 5.68.